The average molecular weight is 437 g/mol. The van der Waals surface area contributed by atoms with E-state index in [1.807, 2.05) is 13.8 Å². The summed E-state index contributed by atoms with van der Waals surface area (Å²) < 4.78 is 55.8. The highest BCUT2D eigenvalue weighted by Crippen LogP contribution is 2.28. The molecule has 2 aromatic rings. The summed E-state index contributed by atoms with van der Waals surface area (Å²) in [6.07, 6.45) is 0.435. The molecule has 1 aliphatic heterocycles. The van der Waals surface area contributed by atoms with Gasteiger partial charge in [0.15, 0.2) is 0 Å². The van der Waals surface area contributed by atoms with Gasteiger partial charge in [-0.1, -0.05) is 35.4 Å². The third-order valence-corrected chi connectivity index (χ3v) is 9.62. The van der Waals surface area contributed by atoms with E-state index < -0.39 is 32.1 Å². The zero-order valence-corrected chi connectivity index (χ0v) is 18.9. The maximum absolute atomic E-state index is 13.2. The Kier molecular flexibility index (Phi) is 6.19. The number of aryl methyl sites for hydroxylation is 2. The van der Waals surface area contributed by atoms with Crippen molar-refractivity contribution in [3.8, 4) is 0 Å². The first-order valence-electron chi connectivity index (χ1n) is 9.72. The standard InChI is InChI=1S/C21H28N2O4S2/c1-16-6-10-20(11-7-16)28(24,25)22-14-5-15-23(19(4)18(22)3)29(26,27)21-12-8-17(2)9-13-21/h6-13,18-19H,5,14-15H2,1-4H3/t18-,19-/m0/s1. The topological polar surface area (TPSA) is 74.8 Å². The van der Waals surface area contributed by atoms with Gasteiger partial charge < -0.3 is 0 Å². The Morgan fingerprint density at radius 1 is 0.655 bits per heavy atom. The summed E-state index contributed by atoms with van der Waals surface area (Å²) in [5.41, 5.74) is 1.97. The van der Waals surface area contributed by atoms with Crippen LogP contribution in [-0.4, -0.2) is 50.6 Å². The van der Waals surface area contributed by atoms with Gasteiger partial charge in [0, 0.05) is 25.2 Å². The van der Waals surface area contributed by atoms with Gasteiger partial charge in [0.25, 0.3) is 0 Å². The molecule has 0 unspecified atom stereocenters. The Morgan fingerprint density at radius 2 is 0.966 bits per heavy atom. The van der Waals surface area contributed by atoms with Crippen molar-refractivity contribution in [2.24, 2.45) is 0 Å². The summed E-state index contributed by atoms with van der Waals surface area (Å²) in [6.45, 7) is 7.92. The quantitative estimate of drug-likeness (QED) is 0.738. The van der Waals surface area contributed by atoms with E-state index in [4.69, 9.17) is 0 Å². The van der Waals surface area contributed by atoms with Crippen LogP contribution in [0.15, 0.2) is 58.3 Å². The Labute approximate surface area is 174 Å². The molecule has 0 amide bonds. The largest absolute Gasteiger partial charge is 0.243 e. The van der Waals surface area contributed by atoms with Crippen molar-refractivity contribution in [3.63, 3.8) is 0 Å². The van der Waals surface area contributed by atoms with E-state index in [0.717, 1.165) is 11.1 Å². The van der Waals surface area contributed by atoms with Gasteiger partial charge in [-0.2, -0.15) is 8.61 Å². The van der Waals surface area contributed by atoms with Crippen molar-refractivity contribution in [3.05, 3.63) is 59.7 Å². The smallest absolute Gasteiger partial charge is 0.207 e. The van der Waals surface area contributed by atoms with E-state index in [9.17, 15) is 16.8 Å². The lowest BCUT2D eigenvalue weighted by molar-refractivity contribution is 0.256. The fourth-order valence-corrected chi connectivity index (χ4v) is 7.11. The van der Waals surface area contributed by atoms with Gasteiger partial charge >= 0.3 is 0 Å². The highest BCUT2D eigenvalue weighted by Gasteiger charge is 2.40. The van der Waals surface area contributed by atoms with Crippen molar-refractivity contribution in [1.82, 2.24) is 8.61 Å². The van der Waals surface area contributed by atoms with E-state index in [2.05, 4.69) is 0 Å². The molecule has 158 valence electrons. The van der Waals surface area contributed by atoms with Crippen LogP contribution in [0.5, 0.6) is 0 Å². The van der Waals surface area contributed by atoms with Gasteiger partial charge in [0.1, 0.15) is 0 Å². The van der Waals surface area contributed by atoms with Crippen LogP contribution in [0.25, 0.3) is 0 Å². The number of hydrogen-bond acceptors (Lipinski definition) is 4. The van der Waals surface area contributed by atoms with Gasteiger partial charge in [-0.15, -0.1) is 0 Å². The Morgan fingerprint density at radius 3 is 1.28 bits per heavy atom. The lowest BCUT2D eigenvalue weighted by Crippen LogP contribution is -2.49. The van der Waals surface area contributed by atoms with Crippen LogP contribution in [-0.2, 0) is 20.0 Å². The zero-order valence-electron chi connectivity index (χ0n) is 17.2. The van der Waals surface area contributed by atoms with Gasteiger partial charge in [-0.05, 0) is 58.4 Å². The first kappa shape index (κ1) is 22.0. The molecule has 3 rings (SSSR count). The Hall–Kier alpha value is -1.74. The lowest BCUT2D eigenvalue weighted by atomic mass is 10.2. The average Bonchev–Trinajstić information content (AvgIpc) is 2.82. The molecular weight excluding hydrogens is 408 g/mol. The second-order valence-corrected chi connectivity index (χ2v) is 11.5. The molecule has 0 bridgehead atoms. The van der Waals surface area contributed by atoms with Crippen LogP contribution in [0.2, 0.25) is 0 Å². The van der Waals surface area contributed by atoms with Crippen LogP contribution in [0, 0.1) is 13.8 Å². The van der Waals surface area contributed by atoms with E-state index in [-0.39, 0.29) is 22.9 Å². The van der Waals surface area contributed by atoms with Gasteiger partial charge in [0.05, 0.1) is 9.79 Å². The molecular formula is C21H28N2O4S2. The molecule has 29 heavy (non-hydrogen) atoms. The van der Waals surface area contributed by atoms with E-state index in [1.165, 1.54) is 8.61 Å². The summed E-state index contributed by atoms with van der Waals surface area (Å²) in [4.78, 5) is 0.467. The van der Waals surface area contributed by atoms with Crippen molar-refractivity contribution >= 4 is 20.0 Å². The minimum Gasteiger partial charge on any atom is -0.207 e. The highest BCUT2D eigenvalue weighted by molar-refractivity contribution is 7.89. The number of sulfonamides is 2. The van der Waals surface area contributed by atoms with E-state index in [1.54, 1.807) is 62.4 Å². The molecule has 8 heteroatoms. The predicted molar refractivity (Wildman–Crippen MR) is 114 cm³/mol. The zero-order chi connectivity index (χ0) is 21.4. The van der Waals surface area contributed by atoms with E-state index in [0.29, 0.717) is 6.42 Å². The fraction of sp³-hybridized carbons (Fsp3) is 0.429. The number of hydrogen-bond donors (Lipinski definition) is 0. The summed E-state index contributed by atoms with van der Waals surface area (Å²) in [6, 6.07) is 12.5. The second kappa shape index (κ2) is 8.18. The minimum absolute atomic E-state index is 0.233. The molecule has 6 nitrogen and oxygen atoms in total. The van der Waals surface area contributed by atoms with E-state index >= 15 is 0 Å². The first-order valence-corrected chi connectivity index (χ1v) is 12.6. The molecule has 0 spiro atoms. The maximum Gasteiger partial charge on any atom is 0.243 e. The highest BCUT2D eigenvalue weighted by atomic mass is 32.2. The van der Waals surface area contributed by atoms with Crippen molar-refractivity contribution in [2.75, 3.05) is 13.1 Å². The fourth-order valence-electron chi connectivity index (χ4n) is 3.64. The van der Waals surface area contributed by atoms with Crippen LogP contribution in [0.1, 0.15) is 31.4 Å². The summed E-state index contributed by atoms with van der Waals surface area (Å²) in [5, 5.41) is 0. The summed E-state index contributed by atoms with van der Waals surface area (Å²) in [5.74, 6) is 0. The number of rotatable bonds is 4. The maximum atomic E-state index is 13.2. The molecule has 1 heterocycles. The third kappa shape index (κ3) is 4.26. The molecule has 1 saturated heterocycles. The molecule has 1 fully saturated rings. The normalized spacial score (nSPS) is 22.3. The molecule has 1 aliphatic rings. The first-order chi connectivity index (χ1) is 13.5. The second-order valence-electron chi connectivity index (χ2n) is 7.69. The molecule has 0 radical (unpaired) electrons. The van der Waals surface area contributed by atoms with Crippen molar-refractivity contribution in [2.45, 2.75) is 56.0 Å². The lowest BCUT2D eigenvalue weighted by Gasteiger charge is -2.34. The van der Waals surface area contributed by atoms with Crippen LogP contribution in [0.3, 0.4) is 0 Å². The monoisotopic (exact) mass is 436 g/mol. The molecule has 2 atom stereocenters. The third-order valence-electron chi connectivity index (χ3n) is 5.62. The van der Waals surface area contributed by atoms with Crippen LogP contribution in [0.4, 0.5) is 0 Å². The van der Waals surface area contributed by atoms with Crippen molar-refractivity contribution in [1.29, 1.82) is 0 Å². The van der Waals surface area contributed by atoms with Crippen molar-refractivity contribution < 1.29 is 16.8 Å². The molecule has 0 aliphatic carbocycles. The molecule has 0 N–H and O–H groups in total. The summed E-state index contributed by atoms with van der Waals surface area (Å²) >= 11 is 0. The van der Waals surface area contributed by atoms with Crippen LogP contribution < -0.4 is 0 Å². The SMILES string of the molecule is Cc1ccc(S(=O)(=O)N2CCCN(S(=O)(=O)c3ccc(C)cc3)[C@@H](C)[C@@H]2C)cc1. The predicted octanol–water partition coefficient (Wildman–Crippen LogP) is 3.17. The van der Waals surface area contributed by atoms with Crippen LogP contribution >= 0.6 is 0 Å². The molecule has 0 aromatic heterocycles. The molecule has 0 saturated carbocycles. The Bertz CT molecular complexity index is 975. The molecule has 2 aromatic carbocycles. The van der Waals surface area contributed by atoms with Gasteiger partial charge in [0.2, 0.25) is 20.0 Å². The minimum atomic E-state index is -3.71. The number of nitrogens with zero attached hydrogens (tertiary/aromatic N) is 2. The Balaban J connectivity index is 1.93. The number of benzene rings is 2. The summed E-state index contributed by atoms with van der Waals surface area (Å²) in [7, 11) is -7.42. The van der Waals surface area contributed by atoms with Gasteiger partial charge in [-0.3, -0.25) is 0 Å². The van der Waals surface area contributed by atoms with Gasteiger partial charge in [-0.25, -0.2) is 16.8 Å².